The summed E-state index contributed by atoms with van der Waals surface area (Å²) in [6.45, 7) is 4.43. The first kappa shape index (κ1) is 23.8. The molecule has 5 rings (SSSR count). The Labute approximate surface area is 204 Å². The van der Waals surface area contributed by atoms with Gasteiger partial charge in [-0.2, -0.15) is 33.1 Å². The Balaban J connectivity index is 1.48. The molecule has 0 bridgehead atoms. The molecule has 1 aliphatic heterocycles. The molecule has 0 atom stereocenters. The van der Waals surface area contributed by atoms with Gasteiger partial charge in [0.15, 0.2) is 5.82 Å². The number of hydrogen-bond donors (Lipinski definition) is 2. The predicted molar refractivity (Wildman–Crippen MR) is 127 cm³/mol. The lowest BCUT2D eigenvalue weighted by Crippen LogP contribution is -2.18. The average Bonchev–Trinajstić information content (AvgIpc) is 3.62. The van der Waals surface area contributed by atoms with Gasteiger partial charge in [0.05, 0.1) is 22.6 Å². The quantitative estimate of drug-likeness (QED) is 0.416. The highest BCUT2D eigenvalue weighted by Crippen LogP contribution is 2.37. The molecule has 0 radical (unpaired) electrons. The molecule has 1 aromatic carbocycles. The number of nitrogens with one attached hydrogen (secondary N) is 2. The van der Waals surface area contributed by atoms with Crippen molar-refractivity contribution in [3.8, 4) is 17.1 Å². The van der Waals surface area contributed by atoms with Crippen LogP contribution in [0.25, 0.3) is 17.1 Å². The number of rotatable bonds is 6. The lowest BCUT2D eigenvalue weighted by Gasteiger charge is -2.13. The molecule has 4 aromatic rings. The molecule has 1 amide bonds. The third-order valence-electron chi connectivity index (χ3n) is 6.08. The second-order valence-electron chi connectivity index (χ2n) is 8.90. The highest BCUT2D eigenvalue weighted by molar-refractivity contribution is 6.04. The molecule has 12 heteroatoms. The second-order valence-corrected chi connectivity index (χ2v) is 8.90. The van der Waals surface area contributed by atoms with E-state index >= 15 is 0 Å². The number of nitrogens with zero attached hydrogens (tertiary/aromatic N) is 6. The highest BCUT2D eigenvalue weighted by Gasteiger charge is 2.34. The van der Waals surface area contributed by atoms with Crippen molar-refractivity contribution in [3.05, 3.63) is 65.1 Å². The van der Waals surface area contributed by atoms with E-state index in [1.807, 2.05) is 6.92 Å². The van der Waals surface area contributed by atoms with E-state index in [1.54, 1.807) is 30.1 Å². The minimum Gasteiger partial charge on any atom is -0.306 e. The summed E-state index contributed by atoms with van der Waals surface area (Å²) in [5.41, 5.74) is 0.693. The summed E-state index contributed by atoms with van der Waals surface area (Å²) < 4.78 is 44.0. The van der Waals surface area contributed by atoms with Gasteiger partial charge in [0.2, 0.25) is 0 Å². The van der Waals surface area contributed by atoms with Crippen LogP contribution in [0.5, 0.6) is 0 Å². The minimum atomic E-state index is -4.59. The molecule has 9 nitrogen and oxygen atoms in total. The number of aromatic nitrogens is 6. The van der Waals surface area contributed by atoms with E-state index in [0.29, 0.717) is 18.2 Å². The lowest BCUT2D eigenvalue weighted by atomic mass is 10.0. The maximum Gasteiger partial charge on any atom is 0.417 e. The molecular weight excluding hydrogens is 473 g/mol. The number of hydrogen-bond acceptors (Lipinski definition) is 5. The van der Waals surface area contributed by atoms with Crippen molar-refractivity contribution in [2.24, 2.45) is 7.05 Å². The van der Waals surface area contributed by atoms with E-state index in [9.17, 15) is 18.0 Å². The van der Waals surface area contributed by atoms with Gasteiger partial charge in [0.25, 0.3) is 5.91 Å². The molecule has 188 valence electrons. The Bertz CT molecular complexity index is 1390. The lowest BCUT2D eigenvalue weighted by molar-refractivity contribution is -0.137. The van der Waals surface area contributed by atoms with Crippen LogP contribution in [0, 0.1) is 6.92 Å². The number of carbonyl (C=O) groups excluding carboxylic acids is 1. The number of benzene rings is 1. The summed E-state index contributed by atoms with van der Waals surface area (Å²) >= 11 is 0. The van der Waals surface area contributed by atoms with Gasteiger partial charge in [-0.15, -0.1) is 0 Å². The minimum absolute atomic E-state index is 0.0679. The van der Waals surface area contributed by atoms with Gasteiger partial charge < -0.3 is 5.32 Å². The molecule has 1 aliphatic rings. The zero-order valence-electron chi connectivity index (χ0n) is 19.8. The zero-order valence-corrected chi connectivity index (χ0v) is 19.8. The summed E-state index contributed by atoms with van der Waals surface area (Å²) in [6.07, 6.45) is -0.772. The Morgan fingerprint density at radius 3 is 2.53 bits per heavy atom. The van der Waals surface area contributed by atoms with E-state index in [0.717, 1.165) is 49.5 Å². The van der Waals surface area contributed by atoms with Crippen molar-refractivity contribution in [2.45, 2.75) is 32.5 Å². The van der Waals surface area contributed by atoms with E-state index < -0.39 is 17.6 Å². The van der Waals surface area contributed by atoms with E-state index in [-0.39, 0.29) is 16.8 Å². The molecular formula is C24H25F3N8O. The Hall–Kier alpha value is -3.93. The Kier molecular flexibility index (Phi) is 6.12. The van der Waals surface area contributed by atoms with Gasteiger partial charge in [-0.3, -0.25) is 19.5 Å². The van der Waals surface area contributed by atoms with Crippen molar-refractivity contribution in [2.75, 3.05) is 18.4 Å². The van der Waals surface area contributed by atoms with Gasteiger partial charge in [-0.1, -0.05) is 0 Å². The van der Waals surface area contributed by atoms with Crippen molar-refractivity contribution >= 4 is 11.7 Å². The number of amides is 1. The maximum absolute atomic E-state index is 13.7. The van der Waals surface area contributed by atoms with Gasteiger partial charge in [-0.05, 0) is 57.1 Å². The van der Waals surface area contributed by atoms with Crippen LogP contribution in [0.2, 0.25) is 0 Å². The van der Waals surface area contributed by atoms with E-state index in [2.05, 4.69) is 30.6 Å². The molecule has 0 unspecified atom stereocenters. The molecule has 4 heterocycles. The highest BCUT2D eigenvalue weighted by atomic mass is 19.4. The average molecular weight is 499 g/mol. The van der Waals surface area contributed by atoms with Gasteiger partial charge in [-0.25, -0.2) is 0 Å². The summed E-state index contributed by atoms with van der Waals surface area (Å²) in [4.78, 5) is 15.5. The van der Waals surface area contributed by atoms with Crippen LogP contribution in [-0.4, -0.2) is 53.7 Å². The van der Waals surface area contributed by atoms with Crippen molar-refractivity contribution in [3.63, 3.8) is 0 Å². The van der Waals surface area contributed by atoms with Gasteiger partial charge >= 0.3 is 6.18 Å². The second kappa shape index (κ2) is 9.26. The number of carbonyl (C=O) groups is 1. The molecule has 1 fully saturated rings. The smallest absolute Gasteiger partial charge is 0.306 e. The molecule has 0 saturated carbocycles. The number of anilines is 1. The molecule has 0 aliphatic carbocycles. The fourth-order valence-corrected chi connectivity index (χ4v) is 4.36. The number of alkyl halides is 3. The molecule has 3 aromatic heterocycles. The Morgan fingerprint density at radius 1 is 1.11 bits per heavy atom. The summed E-state index contributed by atoms with van der Waals surface area (Å²) in [5.74, 6) is 0.389. The third-order valence-corrected chi connectivity index (χ3v) is 6.08. The number of aromatic amines is 1. The van der Waals surface area contributed by atoms with E-state index in [4.69, 9.17) is 0 Å². The van der Waals surface area contributed by atoms with Crippen molar-refractivity contribution < 1.29 is 18.0 Å². The van der Waals surface area contributed by atoms with Crippen LogP contribution in [0.4, 0.5) is 19.0 Å². The molecule has 2 N–H and O–H groups in total. The Morgan fingerprint density at radius 2 is 1.89 bits per heavy atom. The van der Waals surface area contributed by atoms with Crippen LogP contribution in [0.1, 0.15) is 40.2 Å². The molecule has 0 spiro atoms. The number of halogens is 3. The van der Waals surface area contributed by atoms with Crippen LogP contribution >= 0.6 is 0 Å². The standard InChI is InChI=1S/C24H25F3N8O/c1-15-11-22(30-29-15)35-21(13-17(31-35)14-34-8-3-4-9-34)28-23(36)16-5-6-19(24(25,26)27)18(12-16)20-7-10-33(2)32-20/h5-7,10-13H,3-4,8-9,14H2,1-2H3,(H,28,36)(H,29,30). The largest absolute Gasteiger partial charge is 0.417 e. The summed E-state index contributed by atoms with van der Waals surface area (Å²) in [7, 11) is 1.62. The normalized spacial score (nSPS) is 14.5. The molecule has 1 saturated heterocycles. The summed E-state index contributed by atoms with van der Waals surface area (Å²) in [5, 5.41) is 18.6. The van der Waals surface area contributed by atoms with Crippen molar-refractivity contribution in [1.29, 1.82) is 0 Å². The number of H-pyrrole nitrogens is 1. The van der Waals surface area contributed by atoms with Crippen LogP contribution in [0.15, 0.2) is 42.6 Å². The SMILES string of the molecule is Cc1cc(-n2nc(CN3CCCC3)cc2NC(=O)c2ccc(C(F)(F)F)c(-c3ccn(C)n3)c2)[nH]n1. The van der Waals surface area contributed by atoms with Gasteiger partial charge in [0, 0.05) is 43.0 Å². The zero-order chi connectivity index (χ0) is 25.4. The van der Waals surface area contributed by atoms with E-state index in [1.165, 1.54) is 16.8 Å². The number of likely N-dealkylation sites (tertiary alicyclic amines) is 1. The predicted octanol–water partition coefficient (Wildman–Crippen LogP) is 4.17. The number of aryl methyl sites for hydroxylation is 2. The monoisotopic (exact) mass is 498 g/mol. The third kappa shape index (κ3) is 4.89. The fourth-order valence-electron chi connectivity index (χ4n) is 4.36. The van der Waals surface area contributed by atoms with Crippen LogP contribution < -0.4 is 5.32 Å². The van der Waals surface area contributed by atoms with Gasteiger partial charge in [0.1, 0.15) is 5.82 Å². The molecule has 36 heavy (non-hydrogen) atoms. The summed E-state index contributed by atoms with van der Waals surface area (Å²) in [6, 6.07) is 8.33. The van der Waals surface area contributed by atoms with Crippen LogP contribution in [-0.2, 0) is 19.8 Å². The fraction of sp³-hybridized carbons (Fsp3) is 0.333. The maximum atomic E-state index is 13.7. The first-order valence-electron chi connectivity index (χ1n) is 11.5. The first-order valence-corrected chi connectivity index (χ1v) is 11.5. The van der Waals surface area contributed by atoms with Crippen molar-refractivity contribution in [1.82, 2.24) is 34.7 Å². The topological polar surface area (TPSA) is 96.7 Å². The van der Waals surface area contributed by atoms with Crippen LogP contribution in [0.3, 0.4) is 0 Å². The first-order chi connectivity index (χ1) is 17.2.